The molecule has 6 heteroatoms. The lowest BCUT2D eigenvalue weighted by atomic mass is 10.1. The number of carbonyl (C=O) groups is 2. The van der Waals surface area contributed by atoms with Gasteiger partial charge >= 0.3 is 12.1 Å². The van der Waals surface area contributed by atoms with Crippen molar-refractivity contribution in [1.82, 2.24) is 16.0 Å². The summed E-state index contributed by atoms with van der Waals surface area (Å²) in [5.41, 5.74) is 0.911. The molecule has 0 aromatic heterocycles. The lowest BCUT2D eigenvalue weighted by molar-refractivity contribution is 0.132. The molecule has 128 valence electrons. The van der Waals surface area contributed by atoms with Crippen LogP contribution in [0.2, 0.25) is 0 Å². The predicted octanol–water partition coefficient (Wildman–Crippen LogP) is 2.99. The molecule has 1 aromatic rings. The van der Waals surface area contributed by atoms with Crippen molar-refractivity contribution in [1.29, 1.82) is 0 Å². The highest BCUT2D eigenvalue weighted by Crippen LogP contribution is 2.04. The molecule has 0 radical (unpaired) electrons. The van der Waals surface area contributed by atoms with Crippen LogP contribution in [0.5, 0.6) is 0 Å². The van der Waals surface area contributed by atoms with Crippen LogP contribution in [0.25, 0.3) is 0 Å². The van der Waals surface area contributed by atoms with Crippen LogP contribution in [0.4, 0.5) is 9.59 Å². The molecular weight excluding hydrogens is 294 g/mol. The van der Waals surface area contributed by atoms with Gasteiger partial charge in [0.2, 0.25) is 0 Å². The van der Waals surface area contributed by atoms with Crippen molar-refractivity contribution >= 4 is 12.1 Å². The van der Waals surface area contributed by atoms with Crippen LogP contribution in [0.3, 0.4) is 0 Å². The highest BCUT2D eigenvalue weighted by Gasteiger charge is 2.17. The standard InChI is InChI=1S/C17H27N3O3/c1-12(2)10-15(19-16(21)18-13(3)4)20-17(22)23-11-14-8-6-5-7-9-14/h5-9,12-13,15H,10-11H2,1-4H3,(H,20,22)(H2,18,19,21)/t15-/m0/s1. The summed E-state index contributed by atoms with van der Waals surface area (Å²) < 4.78 is 5.18. The summed E-state index contributed by atoms with van der Waals surface area (Å²) in [7, 11) is 0. The Morgan fingerprint density at radius 3 is 2.22 bits per heavy atom. The van der Waals surface area contributed by atoms with Crippen molar-refractivity contribution < 1.29 is 14.3 Å². The zero-order valence-electron chi connectivity index (χ0n) is 14.3. The van der Waals surface area contributed by atoms with Gasteiger partial charge in [0.05, 0.1) is 0 Å². The summed E-state index contributed by atoms with van der Waals surface area (Å²) in [4.78, 5) is 23.7. The fourth-order valence-electron chi connectivity index (χ4n) is 1.99. The minimum Gasteiger partial charge on any atom is -0.445 e. The third-order valence-corrected chi connectivity index (χ3v) is 2.94. The maximum Gasteiger partial charge on any atom is 0.409 e. The molecule has 0 aliphatic rings. The molecule has 6 nitrogen and oxygen atoms in total. The van der Waals surface area contributed by atoms with E-state index in [4.69, 9.17) is 4.74 Å². The van der Waals surface area contributed by atoms with Crippen molar-refractivity contribution in [2.24, 2.45) is 5.92 Å². The third kappa shape index (κ3) is 8.70. The van der Waals surface area contributed by atoms with E-state index in [9.17, 15) is 9.59 Å². The van der Waals surface area contributed by atoms with Gasteiger partial charge in [0.15, 0.2) is 0 Å². The summed E-state index contributed by atoms with van der Waals surface area (Å²) in [6.07, 6.45) is -0.409. The molecule has 23 heavy (non-hydrogen) atoms. The smallest absolute Gasteiger partial charge is 0.409 e. The average molecular weight is 321 g/mol. The Balaban J connectivity index is 2.48. The highest BCUT2D eigenvalue weighted by atomic mass is 16.5. The first-order chi connectivity index (χ1) is 10.9. The second-order valence-corrected chi connectivity index (χ2v) is 6.16. The molecule has 0 aliphatic heterocycles. The van der Waals surface area contributed by atoms with Gasteiger partial charge < -0.3 is 20.7 Å². The van der Waals surface area contributed by atoms with E-state index in [1.807, 2.05) is 58.0 Å². The first-order valence-electron chi connectivity index (χ1n) is 7.91. The molecule has 0 aliphatic carbocycles. The van der Waals surface area contributed by atoms with E-state index in [0.29, 0.717) is 12.3 Å². The molecule has 3 N–H and O–H groups in total. The van der Waals surface area contributed by atoms with Gasteiger partial charge in [-0.15, -0.1) is 0 Å². The van der Waals surface area contributed by atoms with E-state index in [2.05, 4.69) is 16.0 Å². The minimum atomic E-state index is -0.552. The van der Waals surface area contributed by atoms with Crippen LogP contribution in [0.1, 0.15) is 39.7 Å². The number of urea groups is 1. The quantitative estimate of drug-likeness (QED) is 0.675. The van der Waals surface area contributed by atoms with Gasteiger partial charge in [0.1, 0.15) is 12.8 Å². The van der Waals surface area contributed by atoms with E-state index >= 15 is 0 Å². The number of rotatable bonds is 7. The molecule has 0 bridgehead atoms. The lowest BCUT2D eigenvalue weighted by Gasteiger charge is -2.22. The van der Waals surface area contributed by atoms with Crippen molar-refractivity contribution in [2.45, 2.75) is 52.9 Å². The van der Waals surface area contributed by atoms with Gasteiger partial charge in [0.25, 0.3) is 0 Å². The molecule has 0 saturated heterocycles. The van der Waals surface area contributed by atoms with E-state index in [0.717, 1.165) is 5.56 Å². The number of amides is 3. The fourth-order valence-corrected chi connectivity index (χ4v) is 1.99. The molecule has 0 heterocycles. The second kappa shape index (κ2) is 9.71. The third-order valence-electron chi connectivity index (χ3n) is 2.94. The summed E-state index contributed by atoms with van der Waals surface area (Å²) in [6.45, 7) is 7.98. The molecular formula is C17H27N3O3. The largest absolute Gasteiger partial charge is 0.445 e. The minimum absolute atomic E-state index is 0.0275. The van der Waals surface area contributed by atoms with Crippen molar-refractivity contribution in [3.63, 3.8) is 0 Å². The van der Waals surface area contributed by atoms with Crippen LogP contribution < -0.4 is 16.0 Å². The Kier molecular flexibility index (Phi) is 7.94. The van der Waals surface area contributed by atoms with Gasteiger partial charge in [-0.1, -0.05) is 44.2 Å². The first kappa shape index (κ1) is 18.8. The van der Waals surface area contributed by atoms with E-state index in [-0.39, 0.29) is 18.7 Å². The number of alkyl carbamates (subject to hydrolysis) is 1. The van der Waals surface area contributed by atoms with Gasteiger partial charge in [-0.25, -0.2) is 9.59 Å². The lowest BCUT2D eigenvalue weighted by Crippen LogP contribution is -2.52. The van der Waals surface area contributed by atoms with Gasteiger partial charge in [-0.2, -0.15) is 0 Å². The molecule has 1 rings (SSSR count). The van der Waals surface area contributed by atoms with Crippen LogP contribution in [-0.2, 0) is 11.3 Å². The number of benzene rings is 1. The number of hydrogen-bond acceptors (Lipinski definition) is 3. The van der Waals surface area contributed by atoms with Crippen molar-refractivity contribution in [3.05, 3.63) is 35.9 Å². The molecule has 1 aromatic carbocycles. The Morgan fingerprint density at radius 1 is 1.00 bits per heavy atom. The van der Waals surface area contributed by atoms with Gasteiger partial charge in [-0.3, -0.25) is 0 Å². The SMILES string of the molecule is CC(C)C[C@@H](NC(=O)NC(C)C)NC(=O)OCc1ccccc1. The topological polar surface area (TPSA) is 79.5 Å². The van der Waals surface area contributed by atoms with Crippen LogP contribution in [0, 0.1) is 5.92 Å². The summed E-state index contributed by atoms with van der Waals surface area (Å²) in [5, 5.41) is 8.17. The van der Waals surface area contributed by atoms with Gasteiger partial charge in [-0.05, 0) is 31.7 Å². The maximum absolute atomic E-state index is 11.9. The number of ether oxygens (including phenoxy) is 1. The van der Waals surface area contributed by atoms with Crippen molar-refractivity contribution in [2.75, 3.05) is 0 Å². The summed E-state index contributed by atoms with van der Waals surface area (Å²) in [5.74, 6) is 0.314. The normalized spacial score (nSPS) is 11.9. The Morgan fingerprint density at radius 2 is 1.65 bits per heavy atom. The number of hydrogen-bond donors (Lipinski definition) is 3. The monoisotopic (exact) mass is 321 g/mol. The first-order valence-corrected chi connectivity index (χ1v) is 7.91. The van der Waals surface area contributed by atoms with Crippen LogP contribution in [-0.4, -0.2) is 24.3 Å². The van der Waals surface area contributed by atoms with Crippen molar-refractivity contribution in [3.8, 4) is 0 Å². The second-order valence-electron chi connectivity index (χ2n) is 6.16. The number of carbonyl (C=O) groups excluding carboxylic acids is 2. The van der Waals surface area contributed by atoms with E-state index in [1.165, 1.54) is 0 Å². The predicted molar refractivity (Wildman–Crippen MR) is 89.8 cm³/mol. The molecule has 1 atom stereocenters. The zero-order chi connectivity index (χ0) is 17.2. The Bertz CT molecular complexity index is 489. The Hall–Kier alpha value is -2.24. The van der Waals surface area contributed by atoms with Crippen LogP contribution in [0.15, 0.2) is 30.3 Å². The fraction of sp³-hybridized carbons (Fsp3) is 0.529. The van der Waals surface area contributed by atoms with Gasteiger partial charge in [0, 0.05) is 6.04 Å². The Labute approximate surface area is 138 Å². The average Bonchev–Trinajstić information content (AvgIpc) is 2.44. The van der Waals surface area contributed by atoms with E-state index in [1.54, 1.807) is 0 Å². The summed E-state index contributed by atoms with van der Waals surface area (Å²) >= 11 is 0. The highest BCUT2D eigenvalue weighted by molar-refractivity contribution is 5.75. The molecule has 0 saturated carbocycles. The van der Waals surface area contributed by atoms with E-state index < -0.39 is 12.3 Å². The summed E-state index contributed by atoms with van der Waals surface area (Å²) in [6, 6.07) is 9.15. The molecule has 0 fully saturated rings. The molecule has 3 amide bonds. The molecule has 0 unspecified atom stereocenters. The molecule has 0 spiro atoms. The number of nitrogens with one attached hydrogen (secondary N) is 3. The van der Waals surface area contributed by atoms with Crippen LogP contribution >= 0.6 is 0 Å². The zero-order valence-corrected chi connectivity index (χ0v) is 14.3. The maximum atomic E-state index is 11.9.